The molecule has 27 heavy (non-hydrogen) atoms. The van der Waals surface area contributed by atoms with Crippen molar-refractivity contribution in [1.29, 1.82) is 0 Å². The Labute approximate surface area is 163 Å². The maximum atomic E-state index is 13.0. The van der Waals surface area contributed by atoms with E-state index in [1.807, 2.05) is 26.0 Å². The first-order valence-corrected chi connectivity index (χ1v) is 11.4. The van der Waals surface area contributed by atoms with Crippen molar-refractivity contribution in [3.63, 3.8) is 0 Å². The molecule has 0 radical (unpaired) electrons. The van der Waals surface area contributed by atoms with Gasteiger partial charge in [-0.3, -0.25) is 4.79 Å². The highest BCUT2D eigenvalue weighted by molar-refractivity contribution is 7.89. The molecule has 0 bridgehead atoms. The third-order valence-corrected chi connectivity index (χ3v) is 7.80. The molecule has 1 fully saturated rings. The zero-order chi connectivity index (χ0) is 19.7. The highest BCUT2D eigenvalue weighted by Gasteiger charge is 2.32. The summed E-state index contributed by atoms with van der Waals surface area (Å²) >= 11 is 0. The average Bonchev–Trinajstić information content (AvgIpc) is 3.09. The van der Waals surface area contributed by atoms with E-state index in [0.717, 1.165) is 30.6 Å². The molecule has 1 aliphatic carbocycles. The van der Waals surface area contributed by atoms with Crippen molar-refractivity contribution < 1.29 is 18.1 Å². The number of benzene rings is 1. The second kappa shape index (κ2) is 7.89. The van der Waals surface area contributed by atoms with Gasteiger partial charge in [-0.2, -0.15) is 4.31 Å². The van der Waals surface area contributed by atoms with Crippen LogP contribution in [0.1, 0.15) is 44.7 Å². The number of carbonyl (C=O) groups excluding carboxylic acids is 1. The van der Waals surface area contributed by atoms with E-state index in [0.29, 0.717) is 37.6 Å². The first-order chi connectivity index (χ1) is 12.7. The van der Waals surface area contributed by atoms with Gasteiger partial charge in [-0.05, 0) is 62.8 Å². The highest BCUT2D eigenvalue weighted by atomic mass is 32.2. The molecule has 1 saturated heterocycles. The van der Waals surface area contributed by atoms with Gasteiger partial charge in [0.1, 0.15) is 0 Å². The lowest BCUT2D eigenvalue weighted by Gasteiger charge is -2.32. The van der Waals surface area contributed by atoms with Gasteiger partial charge in [0, 0.05) is 5.54 Å². The number of hydrogen-bond acceptors (Lipinski definition) is 3. The normalized spacial score (nSPS) is 19.1. The number of amides is 1. The maximum Gasteiger partial charge on any atom is 0.275 e. The van der Waals surface area contributed by atoms with Crippen LogP contribution in [0.2, 0.25) is 0 Å². The van der Waals surface area contributed by atoms with E-state index in [2.05, 4.69) is 12.2 Å². The number of quaternary nitrogens is 1. The van der Waals surface area contributed by atoms with Crippen LogP contribution in [0.15, 0.2) is 23.1 Å². The minimum atomic E-state index is -3.45. The quantitative estimate of drug-likeness (QED) is 0.732. The summed E-state index contributed by atoms with van der Waals surface area (Å²) in [6.45, 7) is 8.71. The van der Waals surface area contributed by atoms with E-state index in [9.17, 15) is 13.2 Å². The van der Waals surface area contributed by atoms with Gasteiger partial charge in [0.25, 0.3) is 5.91 Å². The molecular weight excluding hydrogens is 362 g/mol. The van der Waals surface area contributed by atoms with Crippen molar-refractivity contribution in [2.75, 3.05) is 32.7 Å². The molecule has 0 atom stereocenters. The van der Waals surface area contributed by atoms with Crippen molar-refractivity contribution in [2.24, 2.45) is 0 Å². The van der Waals surface area contributed by atoms with Crippen molar-refractivity contribution >= 4 is 15.9 Å². The summed E-state index contributed by atoms with van der Waals surface area (Å²) in [5.74, 6) is 0.0341. The van der Waals surface area contributed by atoms with E-state index >= 15 is 0 Å². The third-order valence-electron chi connectivity index (χ3n) is 5.91. The Bertz CT molecular complexity index is 797. The summed E-state index contributed by atoms with van der Waals surface area (Å²) in [5, 5.41) is 3.05. The summed E-state index contributed by atoms with van der Waals surface area (Å²) in [4.78, 5) is 13.8. The number of nitrogens with zero attached hydrogens (tertiary/aromatic N) is 1. The molecule has 7 heteroatoms. The summed E-state index contributed by atoms with van der Waals surface area (Å²) in [5.41, 5.74) is 2.26. The van der Waals surface area contributed by atoms with Crippen molar-refractivity contribution in [2.45, 2.75) is 56.9 Å². The number of rotatable bonds is 6. The Kier molecular flexibility index (Phi) is 5.93. The third kappa shape index (κ3) is 4.70. The number of aryl methyl sites for hydroxylation is 2. The largest absolute Gasteiger partial charge is 0.346 e. The molecular formula is C20H32N3O3S+. The number of nitrogens with one attached hydrogen (secondary N) is 2. The number of hydrogen-bond donors (Lipinski definition) is 2. The fourth-order valence-corrected chi connectivity index (χ4v) is 5.31. The van der Waals surface area contributed by atoms with E-state index in [1.165, 1.54) is 11.1 Å². The molecule has 0 unspecified atom stereocenters. The van der Waals surface area contributed by atoms with Crippen LogP contribution in [0, 0.1) is 0 Å². The molecule has 1 aliphatic heterocycles. The molecule has 0 saturated carbocycles. The monoisotopic (exact) mass is 394 g/mol. The Morgan fingerprint density at radius 2 is 1.85 bits per heavy atom. The molecule has 1 aromatic carbocycles. The van der Waals surface area contributed by atoms with Gasteiger partial charge in [-0.25, -0.2) is 8.42 Å². The Morgan fingerprint density at radius 1 is 1.19 bits per heavy atom. The van der Waals surface area contributed by atoms with Gasteiger partial charge in [-0.1, -0.05) is 13.0 Å². The first-order valence-electron chi connectivity index (χ1n) is 9.98. The highest BCUT2D eigenvalue weighted by Crippen LogP contribution is 2.26. The van der Waals surface area contributed by atoms with Crippen LogP contribution in [0.3, 0.4) is 0 Å². The van der Waals surface area contributed by atoms with Crippen LogP contribution in [0.4, 0.5) is 0 Å². The molecule has 0 spiro atoms. The van der Waals surface area contributed by atoms with Crippen LogP contribution in [-0.4, -0.2) is 56.9 Å². The van der Waals surface area contributed by atoms with E-state index in [-0.39, 0.29) is 11.4 Å². The van der Waals surface area contributed by atoms with Crippen LogP contribution in [-0.2, 0) is 27.7 Å². The fraction of sp³-hybridized carbons (Fsp3) is 0.650. The number of piperazine rings is 1. The lowest BCUT2D eigenvalue weighted by atomic mass is 10.0. The Balaban J connectivity index is 1.58. The lowest BCUT2D eigenvalue weighted by molar-refractivity contribution is -0.895. The van der Waals surface area contributed by atoms with Gasteiger partial charge < -0.3 is 10.2 Å². The van der Waals surface area contributed by atoms with E-state index < -0.39 is 10.0 Å². The van der Waals surface area contributed by atoms with Gasteiger partial charge >= 0.3 is 0 Å². The van der Waals surface area contributed by atoms with Gasteiger partial charge in [-0.15, -0.1) is 0 Å². The van der Waals surface area contributed by atoms with Crippen LogP contribution in [0.5, 0.6) is 0 Å². The van der Waals surface area contributed by atoms with Crippen LogP contribution < -0.4 is 10.2 Å². The van der Waals surface area contributed by atoms with E-state index in [4.69, 9.17) is 0 Å². The van der Waals surface area contributed by atoms with Crippen molar-refractivity contribution in [1.82, 2.24) is 9.62 Å². The topological polar surface area (TPSA) is 70.9 Å². The van der Waals surface area contributed by atoms with Gasteiger partial charge in [0.15, 0.2) is 6.54 Å². The zero-order valence-electron chi connectivity index (χ0n) is 16.7. The predicted molar refractivity (Wildman–Crippen MR) is 105 cm³/mol. The summed E-state index contributed by atoms with van der Waals surface area (Å²) in [7, 11) is -3.45. The van der Waals surface area contributed by atoms with Crippen molar-refractivity contribution in [3.05, 3.63) is 29.3 Å². The minimum Gasteiger partial charge on any atom is -0.346 e. The van der Waals surface area contributed by atoms with E-state index in [1.54, 1.807) is 10.4 Å². The summed E-state index contributed by atoms with van der Waals surface area (Å²) in [6, 6.07) is 5.58. The smallest absolute Gasteiger partial charge is 0.275 e. The molecule has 150 valence electrons. The van der Waals surface area contributed by atoms with Crippen LogP contribution in [0.25, 0.3) is 0 Å². The SMILES string of the molecule is CCC(C)(C)NC(=O)C[NH+]1CCN(S(=O)(=O)c2ccc3c(c2)CCC3)CC1. The molecule has 0 aromatic heterocycles. The first kappa shape index (κ1) is 20.3. The van der Waals surface area contributed by atoms with Gasteiger partial charge in [0.05, 0.1) is 31.1 Å². The molecule has 2 aliphatic rings. The Morgan fingerprint density at radius 3 is 2.52 bits per heavy atom. The second-order valence-corrected chi connectivity index (χ2v) is 10.3. The molecule has 3 rings (SSSR count). The predicted octanol–water partition coefficient (Wildman–Crippen LogP) is 0.369. The molecule has 1 amide bonds. The van der Waals surface area contributed by atoms with Crippen LogP contribution >= 0.6 is 0 Å². The second-order valence-electron chi connectivity index (χ2n) is 8.40. The summed E-state index contributed by atoms with van der Waals surface area (Å²) < 4.78 is 27.5. The zero-order valence-corrected chi connectivity index (χ0v) is 17.5. The average molecular weight is 395 g/mol. The maximum absolute atomic E-state index is 13.0. The molecule has 1 heterocycles. The Hall–Kier alpha value is -1.44. The molecule has 6 nitrogen and oxygen atoms in total. The van der Waals surface area contributed by atoms with Crippen molar-refractivity contribution in [3.8, 4) is 0 Å². The fourth-order valence-electron chi connectivity index (χ4n) is 3.81. The minimum absolute atomic E-state index is 0.0341. The molecule has 1 aromatic rings. The summed E-state index contributed by atoms with van der Waals surface area (Å²) in [6.07, 6.45) is 4.01. The molecule has 2 N–H and O–H groups in total. The standard InChI is InChI=1S/C20H31N3O3S/c1-4-20(2,3)21-19(24)15-22-10-12-23(13-11-22)27(25,26)18-9-8-16-6-5-7-17(16)14-18/h8-9,14H,4-7,10-13,15H2,1-3H3,(H,21,24)/p+1. The number of fused-ring (bicyclic) bond motifs is 1. The van der Waals surface area contributed by atoms with Gasteiger partial charge in [0.2, 0.25) is 10.0 Å². The number of sulfonamides is 1. The lowest BCUT2D eigenvalue weighted by Crippen LogP contribution is -3.16. The number of carbonyl (C=O) groups is 1.